The first kappa shape index (κ1) is 14.0. The smallest absolute Gasteiger partial charge is 0.283 e. The zero-order chi connectivity index (χ0) is 13.8. The van der Waals surface area contributed by atoms with Gasteiger partial charge in [0.15, 0.2) is 0 Å². The zero-order valence-corrected chi connectivity index (χ0v) is 11.8. The molecule has 7 heteroatoms. The molecule has 0 aromatic heterocycles. The summed E-state index contributed by atoms with van der Waals surface area (Å²) in [5, 5.41) is 22.8. The lowest BCUT2D eigenvalue weighted by molar-refractivity contribution is -0.385. The van der Waals surface area contributed by atoms with Crippen LogP contribution in [0.3, 0.4) is 0 Å². The molecule has 1 N–H and O–H groups in total. The van der Waals surface area contributed by atoms with Crippen LogP contribution in [0.2, 0.25) is 0 Å². The number of benzene rings is 1. The fourth-order valence-corrected chi connectivity index (χ4v) is 2.67. The van der Waals surface area contributed by atoms with E-state index in [1.807, 2.05) is 6.07 Å². The molecule has 1 aromatic carbocycles. The second-order valence-corrected chi connectivity index (χ2v) is 5.24. The van der Waals surface area contributed by atoms with Crippen LogP contribution in [0.25, 0.3) is 0 Å². The molecule has 0 aliphatic carbocycles. The van der Waals surface area contributed by atoms with E-state index in [-0.39, 0.29) is 10.6 Å². The molecule has 1 aliphatic heterocycles. The van der Waals surface area contributed by atoms with Crippen molar-refractivity contribution in [1.29, 1.82) is 0 Å². The average Bonchev–Trinajstić information content (AvgIpc) is 2.41. The highest BCUT2D eigenvalue weighted by atomic mass is 79.9. The Labute approximate surface area is 119 Å². The van der Waals surface area contributed by atoms with Crippen LogP contribution in [0, 0.1) is 10.1 Å². The fraction of sp³-hybridized carbons (Fsp3) is 0.417. The van der Waals surface area contributed by atoms with Crippen LogP contribution in [0.5, 0.6) is 0 Å². The minimum atomic E-state index is -0.389. The van der Waals surface area contributed by atoms with Gasteiger partial charge in [-0.2, -0.15) is 0 Å². The Morgan fingerprint density at radius 1 is 1.42 bits per heavy atom. The van der Waals surface area contributed by atoms with E-state index in [4.69, 9.17) is 5.21 Å². The molecule has 1 heterocycles. The molecule has 1 aliphatic rings. The monoisotopic (exact) mass is 327 g/mol. The molecule has 102 valence electrons. The molecule has 19 heavy (non-hydrogen) atoms. The third-order valence-corrected chi connectivity index (χ3v) is 4.14. The van der Waals surface area contributed by atoms with Crippen molar-refractivity contribution >= 4 is 27.3 Å². The maximum absolute atomic E-state index is 10.9. The minimum absolute atomic E-state index is 0.0899. The highest BCUT2D eigenvalue weighted by molar-refractivity contribution is 9.10. The molecule has 0 atom stereocenters. The Hall–Kier alpha value is -1.47. The van der Waals surface area contributed by atoms with Gasteiger partial charge in [0.1, 0.15) is 0 Å². The van der Waals surface area contributed by atoms with Crippen molar-refractivity contribution in [2.24, 2.45) is 5.16 Å². The van der Waals surface area contributed by atoms with Crippen molar-refractivity contribution in [3.63, 3.8) is 0 Å². The topological polar surface area (TPSA) is 79.0 Å². The normalized spacial score (nSPS) is 16.4. The number of halogens is 1. The molecule has 0 unspecified atom stereocenters. The van der Waals surface area contributed by atoms with E-state index in [1.54, 1.807) is 6.07 Å². The first-order valence-electron chi connectivity index (χ1n) is 5.95. The summed E-state index contributed by atoms with van der Waals surface area (Å²) in [5.41, 5.74) is 1.81. The summed E-state index contributed by atoms with van der Waals surface area (Å²) in [6.45, 7) is 2.25. The summed E-state index contributed by atoms with van der Waals surface area (Å²) >= 11 is 3.30. The van der Waals surface area contributed by atoms with E-state index in [0.29, 0.717) is 11.0 Å². The number of rotatable bonds is 3. The molecule has 1 saturated heterocycles. The number of hydrogen-bond donors (Lipinski definition) is 1. The molecule has 6 nitrogen and oxygen atoms in total. The number of hydrogen-bond acceptors (Lipinski definition) is 5. The Morgan fingerprint density at radius 3 is 2.68 bits per heavy atom. The quantitative estimate of drug-likeness (QED) is 0.526. The maximum Gasteiger partial charge on any atom is 0.283 e. The fourth-order valence-electron chi connectivity index (χ4n) is 2.14. The van der Waals surface area contributed by atoms with Gasteiger partial charge >= 0.3 is 0 Å². The predicted octanol–water partition coefficient (Wildman–Crippen LogP) is 2.78. The van der Waals surface area contributed by atoms with Gasteiger partial charge in [-0.05, 0) is 21.5 Å². The van der Waals surface area contributed by atoms with E-state index >= 15 is 0 Å². The highest BCUT2D eigenvalue weighted by Crippen LogP contribution is 2.29. The number of nitro benzene ring substituents is 1. The van der Waals surface area contributed by atoms with Crippen LogP contribution in [-0.4, -0.2) is 33.8 Å². The third-order valence-electron chi connectivity index (χ3n) is 3.22. The second-order valence-electron chi connectivity index (χ2n) is 4.45. The van der Waals surface area contributed by atoms with Gasteiger partial charge in [-0.15, -0.1) is 0 Å². The molecule has 0 spiro atoms. The average molecular weight is 328 g/mol. The van der Waals surface area contributed by atoms with E-state index in [9.17, 15) is 10.1 Å². The predicted molar refractivity (Wildman–Crippen MR) is 74.5 cm³/mol. The SMILES string of the molecule is O=[N+]([O-])c1cccc(CN2CCC(=NO)CC2)c1Br. The van der Waals surface area contributed by atoms with Crippen LogP contribution >= 0.6 is 15.9 Å². The molecule has 1 aromatic rings. The van der Waals surface area contributed by atoms with Gasteiger partial charge in [0.25, 0.3) is 5.69 Å². The lowest BCUT2D eigenvalue weighted by Crippen LogP contribution is -2.33. The number of nitrogens with zero attached hydrogens (tertiary/aromatic N) is 3. The lowest BCUT2D eigenvalue weighted by atomic mass is 10.1. The van der Waals surface area contributed by atoms with Crippen LogP contribution in [0.4, 0.5) is 5.69 Å². The maximum atomic E-state index is 10.9. The Balaban J connectivity index is 2.08. The Bertz CT molecular complexity index is 509. The number of oxime groups is 1. The van der Waals surface area contributed by atoms with Gasteiger partial charge in [0.2, 0.25) is 0 Å². The summed E-state index contributed by atoms with van der Waals surface area (Å²) in [4.78, 5) is 12.7. The summed E-state index contributed by atoms with van der Waals surface area (Å²) in [5.74, 6) is 0. The van der Waals surface area contributed by atoms with E-state index < -0.39 is 0 Å². The van der Waals surface area contributed by atoms with E-state index in [2.05, 4.69) is 26.0 Å². The van der Waals surface area contributed by atoms with Gasteiger partial charge < -0.3 is 5.21 Å². The standard InChI is InChI=1S/C12H14BrN3O3/c13-12-9(2-1-3-11(12)16(18)19)8-15-6-4-10(14-17)5-7-15/h1-3,17H,4-8H2. The Morgan fingerprint density at radius 2 is 2.11 bits per heavy atom. The molecule has 2 rings (SSSR count). The molecule has 0 saturated carbocycles. The third kappa shape index (κ3) is 3.30. The largest absolute Gasteiger partial charge is 0.411 e. The summed E-state index contributed by atoms with van der Waals surface area (Å²) < 4.78 is 0.543. The molecular formula is C12H14BrN3O3. The number of nitro groups is 1. The van der Waals surface area contributed by atoms with Gasteiger partial charge in [0.05, 0.1) is 15.1 Å². The van der Waals surface area contributed by atoms with Crippen molar-refractivity contribution in [2.45, 2.75) is 19.4 Å². The Kier molecular flexibility index (Phi) is 4.49. The number of likely N-dealkylation sites (tertiary alicyclic amines) is 1. The minimum Gasteiger partial charge on any atom is -0.411 e. The van der Waals surface area contributed by atoms with Gasteiger partial charge in [-0.25, -0.2) is 0 Å². The van der Waals surface area contributed by atoms with E-state index in [0.717, 1.165) is 37.2 Å². The first-order chi connectivity index (χ1) is 9.11. The van der Waals surface area contributed by atoms with Gasteiger partial charge in [-0.1, -0.05) is 17.3 Å². The van der Waals surface area contributed by atoms with Crippen molar-refractivity contribution in [2.75, 3.05) is 13.1 Å². The summed E-state index contributed by atoms with van der Waals surface area (Å²) in [7, 11) is 0. The van der Waals surface area contributed by atoms with Crippen molar-refractivity contribution in [3.05, 3.63) is 38.3 Å². The second kappa shape index (κ2) is 6.12. The zero-order valence-electron chi connectivity index (χ0n) is 10.3. The first-order valence-corrected chi connectivity index (χ1v) is 6.75. The van der Waals surface area contributed by atoms with Crippen molar-refractivity contribution in [3.8, 4) is 0 Å². The van der Waals surface area contributed by atoms with Gasteiger partial charge in [-0.3, -0.25) is 15.0 Å². The van der Waals surface area contributed by atoms with Crippen LogP contribution in [-0.2, 0) is 6.54 Å². The van der Waals surface area contributed by atoms with Crippen LogP contribution < -0.4 is 0 Å². The molecule has 0 amide bonds. The summed E-state index contributed by atoms with van der Waals surface area (Å²) in [6.07, 6.45) is 1.48. The summed E-state index contributed by atoms with van der Waals surface area (Å²) in [6, 6.07) is 5.07. The molecule has 0 radical (unpaired) electrons. The van der Waals surface area contributed by atoms with Gasteiger partial charge in [0, 0.05) is 38.5 Å². The van der Waals surface area contributed by atoms with E-state index in [1.165, 1.54) is 6.07 Å². The lowest BCUT2D eigenvalue weighted by Gasteiger charge is -2.27. The van der Waals surface area contributed by atoms with Crippen LogP contribution in [0.15, 0.2) is 27.8 Å². The molecule has 1 fully saturated rings. The molecular weight excluding hydrogens is 314 g/mol. The number of piperidine rings is 1. The molecule has 0 bridgehead atoms. The van der Waals surface area contributed by atoms with Crippen LogP contribution in [0.1, 0.15) is 18.4 Å². The van der Waals surface area contributed by atoms with Crippen molar-refractivity contribution in [1.82, 2.24) is 4.90 Å². The highest BCUT2D eigenvalue weighted by Gasteiger charge is 2.19. The van der Waals surface area contributed by atoms with Crippen molar-refractivity contribution < 1.29 is 10.1 Å².